The number of hydrogen-bond acceptors (Lipinski definition) is 10. The van der Waals surface area contributed by atoms with Crippen LogP contribution >= 0.6 is 20.1 Å². The van der Waals surface area contributed by atoms with Gasteiger partial charge in [-0.15, -0.1) is 11.8 Å². The van der Waals surface area contributed by atoms with Crippen molar-refractivity contribution in [3.63, 3.8) is 0 Å². The van der Waals surface area contributed by atoms with Crippen molar-refractivity contribution in [2.24, 2.45) is 0 Å². The van der Waals surface area contributed by atoms with E-state index in [0.29, 0.717) is 32.0 Å². The molecule has 0 aliphatic heterocycles. The van der Waals surface area contributed by atoms with Gasteiger partial charge in [-0.05, 0) is 30.9 Å². The summed E-state index contributed by atoms with van der Waals surface area (Å²) in [5.41, 5.74) is 6.88. The fourth-order valence-electron chi connectivity index (χ4n) is 2.81. The van der Waals surface area contributed by atoms with E-state index in [1.54, 1.807) is 23.3 Å². The summed E-state index contributed by atoms with van der Waals surface area (Å²) in [6.07, 6.45) is 3.81. The van der Waals surface area contributed by atoms with Gasteiger partial charge in [0.1, 0.15) is 14.6 Å². The molecule has 0 spiro atoms. The molecule has 4 N–H and O–H groups in total. The molecule has 0 saturated heterocycles. The van der Waals surface area contributed by atoms with E-state index in [0.717, 1.165) is 5.56 Å². The first-order chi connectivity index (χ1) is 17.0. The van der Waals surface area contributed by atoms with Crippen molar-refractivity contribution < 1.29 is 18.8 Å². The van der Waals surface area contributed by atoms with E-state index >= 15 is 0 Å². The number of nitrogen functional groups attached to an aromatic ring is 1. The van der Waals surface area contributed by atoms with Crippen LogP contribution in [0.4, 0.5) is 5.95 Å². The third-order valence-corrected chi connectivity index (χ3v) is 6.54. The quantitative estimate of drug-likeness (QED) is 0.132. The van der Waals surface area contributed by atoms with Gasteiger partial charge in [0.25, 0.3) is 5.56 Å². The number of nitrogens with zero attached hydrogens (tertiary/aromatic N) is 3. The van der Waals surface area contributed by atoms with Crippen LogP contribution < -0.4 is 16.4 Å². The first-order valence-corrected chi connectivity index (χ1v) is 13.9. The summed E-state index contributed by atoms with van der Waals surface area (Å²) in [5, 5.41) is 3.08. The normalized spacial score (nSPS) is 11.7. The Morgan fingerprint density at radius 2 is 2.03 bits per heavy atom. The monoisotopic (exact) mass is 524 g/mol. The van der Waals surface area contributed by atoms with Crippen molar-refractivity contribution in [3.8, 4) is 0 Å². The van der Waals surface area contributed by atoms with Gasteiger partial charge < -0.3 is 24.3 Å². The lowest BCUT2D eigenvalue weighted by atomic mass is 10.2. The van der Waals surface area contributed by atoms with Crippen LogP contribution in [0.3, 0.4) is 0 Å². The second-order valence-corrected chi connectivity index (χ2v) is 9.21. The van der Waals surface area contributed by atoms with Gasteiger partial charge in [0.05, 0.1) is 32.7 Å². The minimum absolute atomic E-state index is 0.0285. The number of aromatic nitrogens is 4. The van der Waals surface area contributed by atoms with Gasteiger partial charge in [-0.25, -0.2) is 4.98 Å². The molecule has 35 heavy (non-hydrogen) atoms. The molecule has 0 aliphatic carbocycles. The number of H-pyrrole nitrogens is 1. The van der Waals surface area contributed by atoms with E-state index in [1.807, 2.05) is 44.4 Å². The minimum Gasteiger partial charge on any atom is -0.465 e. The van der Waals surface area contributed by atoms with Crippen LogP contribution in [0.5, 0.6) is 0 Å². The number of fused-ring (bicyclic) bond motifs is 1. The highest BCUT2D eigenvalue weighted by Gasteiger charge is 2.14. The molecular formula is C22H33N6O5PS. The SMILES string of the molecule is CC.CCOC(=O)CNP(COCCn1cnc2c(=O)[nH]c(N)nc21)OCc1ccc(SC)cc1. The number of imidazole rings is 1. The highest BCUT2D eigenvalue weighted by atomic mass is 32.2. The van der Waals surface area contributed by atoms with Gasteiger partial charge in [0, 0.05) is 11.4 Å². The number of benzene rings is 1. The molecule has 0 radical (unpaired) electrons. The first-order valence-electron chi connectivity index (χ1n) is 11.2. The number of hydrogen-bond donors (Lipinski definition) is 3. The van der Waals surface area contributed by atoms with Gasteiger partial charge in [-0.1, -0.05) is 26.0 Å². The number of anilines is 1. The van der Waals surface area contributed by atoms with Crippen LogP contribution in [-0.2, 0) is 31.9 Å². The lowest BCUT2D eigenvalue weighted by Gasteiger charge is -2.19. The van der Waals surface area contributed by atoms with E-state index in [2.05, 4.69) is 20.0 Å². The van der Waals surface area contributed by atoms with Gasteiger partial charge >= 0.3 is 5.97 Å². The molecule has 0 amide bonds. The zero-order chi connectivity index (χ0) is 25.6. The second kappa shape index (κ2) is 15.5. The molecule has 0 aliphatic rings. The van der Waals surface area contributed by atoms with E-state index in [1.165, 1.54) is 11.2 Å². The largest absolute Gasteiger partial charge is 0.465 e. The van der Waals surface area contributed by atoms with Crippen LogP contribution in [0, 0.1) is 0 Å². The Bertz CT molecular complexity index is 1110. The lowest BCUT2D eigenvalue weighted by molar-refractivity contribution is -0.141. The summed E-state index contributed by atoms with van der Waals surface area (Å²) < 4.78 is 18.4. The second-order valence-electron chi connectivity index (χ2n) is 6.74. The van der Waals surface area contributed by atoms with Crippen LogP contribution in [-0.4, -0.2) is 57.9 Å². The van der Waals surface area contributed by atoms with E-state index in [-0.39, 0.29) is 35.9 Å². The first kappa shape index (κ1) is 28.7. The number of aromatic amines is 1. The molecule has 0 saturated carbocycles. The highest BCUT2D eigenvalue weighted by Crippen LogP contribution is 2.33. The Morgan fingerprint density at radius 1 is 1.29 bits per heavy atom. The van der Waals surface area contributed by atoms with Crippen molar-refractivity contribution in [1.29, 1.82) is 0 Å². The van der Waals surface area contributed by atoms with Gasteiger partial charge in [0.15, 0.2) is 11.2 Å². The van der Waals surface area contributed by atoms with Crippen LogP contribution in [0.25, 0.3) is 11.2 Å². The lowest BCUT2D eigenvalue weighted by Crippen LogP contribution is -2.23. The summed E-state index contributed by atoms with van der Waals surface area (Å²) in [7, 11) is -1.25. The number of carbonyl (C=O) groups is 1. The van der Waals surface area contributed by atoms with E-state index in [9.17, 15) is 9.59 Å². The number of carbonyl (C=O) groups excluding carboxylic acids is 1. The molecule has 2 aromatic heterocycles. The number of nitrogens with two attached hydrogens (primary N) is 1. The van der Waals surface area contributed by atoms with Crippen molar-refractivity contribution in [1.82, 2.24) is 24.6 Å². The fourth-order valence-corrected chi connectivity index (χ4v) is 4.38. The number of rotatable bonds is 13. The number of ether oxygens (including phenoxy) is 2. The fraction of sp³-hybridized carbons (Fsp3) is 0.455. The molecule has 3 aromatic rings. The van der Waals surface area contributed by atoms with Gasteiger partial charge in [0.2, 0.25) is 5.95 Å². The molecule has 0 fully saturated rings. The Hall–Kier alpha value is -2.50. The highest BCUT2D eigenvalue weighted by molar-refractivity contribution is 7.98. The summed E-state index contributed by atoms with van der Waals surface area (Å²) >= 11 is 1.67. The topological polar surface area (TPSA) is 146 Å². The molecule has 2 heterocycles. The molecule has 1 atom stereocenters. The summed E-state index contributed by atoms with van der Waals surface area (Å²) in [6.45, 7) is 7.24. The summed E-state index contributed by atoms with van der Waals surface area (Å²) in [6, 6.07) is 8.09. The zero-order valence-electron chi connectivity index (χ0n) is 20.4. The predicted molar refractivity (Wildman–Crippen MR) is 139 cm³/mol. The number of nitrogens with one attached hydrogen (secondary N) is 2. The van der Waals surface area contributed by atoms with Gasteiger partial charge in [-0.3, -0.25) is 19.7 Å². The van der Waals surface area contributed by atoms with E-state index in [4.69, 9.17) is 19.7 Å². The maximum absolute atomic E-state index is 11.9. The molecule has 1 aromatic carbocycles. The number of esters is 1. The van der Waals surface area contributed by atoms with E-state index < -0.39 is 8.30 Å². The molecule has 192 valence electrons. The molecular weight excluding hydrogens is 491 g/mol. The van der Waals surface area contributed by atoms with Gasteiger partial charge in [-0.2, -0.15) is 4.98 Å². The Kier molecular flexibility index (Phi) is 12.7. The summed E-state index contributed by atoms with van der Waals surface area (Å²) in [5.74, 6) is -0.322. The molecule has 13 heteroatoms. The average Bonchev–Trinajstić information content (AvgIpc) is 3.27. The average molecular weight is 525 g/mol. The Morgan fingerprint density at radius 3 is 2.71 bits per heavy atom. The van der Waals surface area contributed by atoms with Crippen molar-refractivity contribution in [2.75, 3.05) is 38.1 Å². The van der Waals surface area contributed by atoms with Crippen LogP contribution in [0.1, 0.15) is 26.3 Å². The van der Waals surface area contributed by atoms with Crippen molar-refractivity contribution >= 4 is 43.1 Å². The third kappa shape index (κ3) is 9.23. The van der Waals surface area contributed by atoms with Crippen LogP contribution in [0.2, 0.25) is 0 Å². The Balaban J connectivity index is 0.00000210. The maximum atomic E-state index is 11.9. The predicted octanol–water partition coefficient (Wildman–Crippen LogP) is 3.11. The maximum Gasteiger partial charge on any atom is 0.320 e. The summed E-state index contributed by atoms with van der Waals surface area (Å²) in [4.78, 5) is 35.4. The molecule has 3 rings (SSSR count). The minimum atomic E-state index is -1.25. The standard InChI is InChI=1S/C20H27N6O5PS.C2H6/c1-3-30-16(27)10-23-32(31-11-14-4-6-15(33-2)7-5-14)13-29-9-8-26-12-22-17-18(26)24-20(21)25-19(17)28;1-2/h4-7,12,23H,3,8-11,13H2,1-2H3,(H3,21,24,25,28);1-2H3. The number of thioether (sulfide) groups is 1. The molecule has 0 bridgehead atoms. The van der Waals surface area contributed by atoms with Crippen molar-refractivity contribution in [3.05, 3.63) is 46.5 Å². The molecule has 1 unspecified atom stereocenters. The Labute approximate surface area is 210 Å². The third-order valence-electron chi connectivity index (χ3n) is 4.43. The smallest absolute Gasteiger partial charge is 0.320 e. The van der Waals surface area contributed by atoms with Crippen molar-refractivity contribution in [2.45, 2.75) is 38.8 Å². The zero-order valence-corrected chi connectivity index (χ0v) is 22.2. The molecule has 11 nitrogen and oxygen atoms in total. The van der Waals surface area contributed by atoms with Crippen LogP contribution in [0.15, 0.2) is 40.3 Å².